The van der Waals surface area contributed by atoms with Crippen molar-refractivity contribution in [3.8, 4) is 0 Å². The fourth-order valence-electron chi connectivity index (χ4n) is 2.09. The Balaban J connectivity index is 4.12. The molecule has 2 atom stereocenters. The molecule has 2 unspecified atom stereocenters. The van der Waals surface area contributed by atoms with Crippen molar-refractivity contribution in [3.05, 3.63) is 0 Å². The Kier molecular flexibility index (Phi) is 7.43. The molecule has 0 aromatic rings. The molecule has 0 aliphatic rings. The maximum absolute atomic E-state index is 10.9. The van der Waals surface area contributed by atoms with Crippen LogP contribution < -0.4 is 5.73 Å². The molecule has 0 amide bonds. The summed E-state index contributed by atoms with van der Waals surface area (Å²) in [5.74, 6) is -0.924. The Morgan fingerprint density at radius 1 is 1.44 bits per heavy atom. The van der Waals surface area contributed by atoms with E-state index < -0.39 is 11.5 Å². The lowest BCUT2D eigenvalue weighted by Gasteiger charge is -2.30. The van der Waals surface area contributed by atoms with E-state index in [9.17, 15) is 4.79 Å². The first kappa shape index (κ1) is 17.4. The summed E-state index contributed by atoms with van der Waals surface area (Å²) in [5.41, 5.74) is 4.61. The molecule has 0 aliphatic carbocycles. The summed E-state index contributed by atoms with van der Waals surface area (Å²) >= 11 is 0. The molecular formula is C13H29N3O2. The van der Waals surface area contributed by atoms with E-state index in [2.05, 4.69) is 37.7 Å². The molecule has 0 aromatic heterocycles. The molecule has 0 heterocycles. The fourth-order valence-corrected chi connectivity index (χ4v) is 2.09. The van der Waals surface area contributed by atoms with Crippen LogP contribution in [0.5, 0.6) is 0 Å². The highest BCUT2D eigenvalue weighted by Crippen LogP contribution is 2.11. The molecule has 5 nitrogen and oxygen atoms in total. The van der Waals surface area contributed by atoms with Gasteiger partial charge in [0.25, 0.3) is 0 Å². The lowest BCUT2D eigenvalue weighted by molar-refractivity contribution is -0.142. The van der Waals surface area contributed by atoms with Crippen LogP contribution in [0, 0.1) is 0 Å². The van der Waals surface area contributed by atoms with Crippen molar-refractivity contribution < 1.29 is 9.90 Å². The summed E-state index contributed by atoms with van der Waals surface area (Å²) in [6.07, 6.45) is 1.32. The number of hydrogen-bond acceptors (Lipinski definition) is 4. The predicted octanol–water partition coefficient (Wildman–Crippen LogP) is 0.841. The molecule has 0 radical (unpaired) electrons. The van der Waals surface area contributed by atoms with E-state index in [1.54, 1.807) is 6.92 Å². The maximum Gasteiger partial charge on any atom is 0.323 e. The van der Waals surface area contributed by atoms with Crippen molar-refractivity contribution in [2.24, 2.45) is 5.73 Å². The van der Waals surface area contributed by atoms with Gasteiger partial charge in [-0.05, 0) is 53.9 Å². The third-order valence-electron chi connectivity index (χ3n) is 3.29. The number of nitrogens with two attached hydrogens (primary N) is 1. The Bertz CT molecular complexity index is 255. The van der Waals surface area contributed by atoms with Crippen molar-refractivity contribution in [2.45, 2.75) is 45.2 Å². The number of hydrogen-bond donors (Lipinski definition) is 2. The quantitative estimate of drug-likeness (QED) is 0.642. The summed E-state index contributed by atoms with van der Waals surface area (Å²) in [6, 6.07) is 0.471. The van der Waals surface area contributed by atoms with Crippen LogP contribution in [0.25, 0.3) is 0 Å². The Morgan fingerprint density at radius 2 is 2.00 bits per heavy atom. The average Bonchev–Trinajstić information content (AvgIpc) is 2.22. The average molecular weight is 259 g/mol. The monoisotopic (exact) mass is 259 g/mol. The second-order valence-electron chi connectivity index (χ2n) is 5.57. The lowest BCUT2D eigenvalue weighted by atomic mass is 9.97. The zero-order chi connectivity index (χ0) is 14.3. The number of nitrogens with zero attached hydrogens (tertiary/aromatic N) is 2. The third-order valence-corrected chi connectivity index (χ3v) is 3.29. The fraction of sp³-hybridized carbons (Fsp3) is 0.923. The van der Waals surface area contributed by atoms with Gasteiger partial charge >= 0.3 is 5.97 Å². The topological polar surface area (TPSA) is 69.8 Å². The van der Waals surface area contributed by atoms with Crippen LogP contribution in [0.1, 0.15) is 33.6 Å². The number of likely N-dealkylation sites (N-methyl/N-ethyl adjacent to an activating group) is 2. The van der Waals surface area contributed by atoms with E-state index in [1.165, 1.54) is 0 Å². The van der Waals surface area contributed by atoms with E-state index in [0.29, 0.717) is 12.5 Å². The summed E-state index contributed by atoms with van der Waals surface area (Å²) < 4.78 is 0. The van der Waals surface area contributed by atoms with E-state index in [0.717, 1.165) is 26.1 Å². The number of rotatable bonds is 9. The van der Waals surface area contributed by atoms with Crippen molar-refractivity contribution in [2.75, 3.05) is 33.7 Å². The Hall–Kier alpha value is -0.650. The van der Waals surface area contributed by atoms with Crippen LogP contribution in [0.15, 0.2) is 0 Å². The molecule has 0 rings (SSSR count). The van der Waals surface area contributed by atoms with Crippen molar-refractivity contribution >= 4 is 5.97 Å². The first-order valence-electron chi connectivity index (χ1n) is 6.61. The normalized spacial score (nSPS) is 16.9. The molecule has 0 bridgehead atoms. The number of carbonyl (C=O) groups is 1. The molecular weight excluding hydrogens is 230 g/mol. The first-order valence-corrected chi connectivity index (χ1v) is 6.61. The molecule has 5 heteroatoms. The van der Waals surface area contributed by atoms with Crippen LogP contribution in [-0.2, 0) is 4.79 Å². The zero-order valence-electron chi connectivity index (χ0n) is 12.4. The summed E-state index contributed by atoms with van der Waals surface area (Å²) in [6.45, 7) is 8.78. The van der Waals surface area contributed by atoms with Gasteiger partial charge in [0, 0.05) is 12.6 Å². The van der Waals surface area contributed by atoms with Gasteiger partial charge in [-0.15, -0.1) is 0 Å². The minimum absolute atomic E-state index is 0.471. The van der Waals surface area contributed by atoms with Crippen LogP contribution in [0.4, 0.5) is 0 Å². The number of carboxylic acid groups (broad SMARTS) is 1. The van der Waals surface area contributed by atoms with Gasteiger partial charge in [-0.25, -0.2) is 0 Å². The minimum Gasteiger partial charge on any atom is -0.480 e. The molecule has 0 saturated heterocycles. The van der Waals surface area contributed by atoms with E-state index >= 15 is 0 Å². The van der Waals surface area contributed by atoms with Crippen molar-refractivity contribution in [1.82, 2.24) is 9.80 Å². The second-order valence-corrected chi connectivity index (χ2v) is 5.57. The highest BCUT2D eigenvalue weighted by atomic mass is 16.4. The highest BCUT2D eigenvalue weighted by molar-refractivity contribution is 5.77. The zero-order valence-corrected chi connectivity index (χ0v) is 12.4. The van der Waals surface area contributed by atoms with Gasteiger partial charge in [-0.2, -0.15) is 0 Å². The molecule has 108 valence electrons. The van der Waals surface area contributed by atoms with Gasteiger partial charge in [0.05, 0.1) is 0 Å². The molecule has 0 saturated carbocycles. The second kappa shape index (κ2) is 7.71. The molecule has 0 fully saturated rings. The van der Waals surface area contributed by atoms with Gasteiger partial charge in [0.1, 0.15) is 5.54 Å². The van der Waals surface area contributed by atoms with E-state index in [4.69, 9.17) is 10.8 Å². The van der Waals surface area contributed by atoms with Crippen LogP contribution in [0.3, 0.4) is 0 Å². The van der Waals surface area contributed by atoms with Crippen molar-refractivity contribution in [3.63, 3.8) is 0 Å². The number of carboxylic acids is 1. The highest BCUT2D eigenvalue weighted by Gasteiger charge is 2.27. The molecule has 0 aromatic carbocycles. The Morgan fingerprint density at radius 3 is 2.39 bits per heavy atom. The largest absolute Gasteiger partial charge is 0.480 e. The predicted molar refractivity (Wildman–Crippen MR) is 74.7 cm³/mol. The van der Waals surface area contributed by atoms with Gasteiger partial charge in [-0.1, -0.05) is 6.92 Å². The third kappa shape index (κ3) is 6.33. The molecule has 18 heavy (non-hydrogen) atoms. The molecule has 0 spiro atoms. The van der Waals surface area contributed by atoms with Gasteiger partial charge < -0.3 is 15.7 Å². The van der Waals surface area contributed by atoms with Crippen LogP contribution in [0.2, 0.25) is 0 Å². The number of aliphatic carboxylic acids is 1. The van der Waals surface area contributed by atoms with Crippen LogP contribution >= 0.6 is 0 Å². The summed E-state index contributed by atoms with van der Waals surface area (Å²) in [5, 5.41) is 8.95. The SMILES string of the molecule is CCN(CCCC(C)(N)C(=O)O)C(C)CN(C)C. The standard InChI is InChI=1S/C13H29N3O2/c1-6-16(11(2)10-15(4)5)9-7-8-13(3,14)12(17)18/h11H,6-10,14H2,1-5H3,(H,17,18). The molecule has 3 N–H and O–H groups in total. The van der Waals surface area contributed by atoms with Crippen LogP contribution in [-0.4, -0.2) is 66.2 Å². The molecule has 0 aliphatic heterocycles. The summed E-state index contributed by atoms with van der Waals surface area (Å²) in [7, 11) is 4.12. The van der Waals surface area contributed by atoms with Gasteiger partial charge in [0.2, 0.25) is 0 Å². The summed E-state index contributed by atoms with van der Waals surface area (Å²) in [4.78, 5) is 15.4. The lowest BCUT2D eigenvalue weighted by Crippen LogP contribution is -2.46. The minimum atomic E-state index is -1.11. The first-order chi connectivity index (χ1) is 8.20. The van der Waals surface area contributed by atoms with Gasteiger partial charge in [-0.3, -0.25) is 9.69 Å². The van der Waals surface area contributed by atoms with Crippen molar-refractivity contribution in [1.29, 1.82) is 0 Å². The van der Waals surface area contributed by atoms with E-state index in [1.807, 2.05) is 0 Å². The Labute approximate surface area is 111 Å². The van der Waals surface area contributed by atoms with E-state index in [-0.39, 0.29) is 0 Å². The van der Waals surface area contributed by atoms with Gasteiger partial charge in [0.15, 0.2) is 0 Å². The maximum atomic E-state index is 10.9. The smallest absolute Gasteiger partial charge is 0.323 e.